The molecule has 1 aromatic rings. The Bertz CT molecular complexity index is 695. The number of aliphatic carboxylic acids is 1. The Morgan fingerprint density at radius 3 is 2.46 bits per heavy atom. The molecule has 0 aromatic heterocycles. The fourth-order valence-electron chi connectivity index (χ4n) is 3.55. The van der Waals surface area contributed by atoms with E-state index in [1.54, 1.807) is 30.3 Å². The minimum Gasteiger partial charge on any atom is -0.481 e. The highest BCUT2D eigenvalue weighted by Crippen LogP contribution is 2.23. The lowest BCUT2D eigenvalue weighted by atomic mass is 10.1. The number of piperazine rings is 1. The summed E-state index contributed by atoms with van der Waals surface area (Å²) >= 11 is 0. The Morgan fingerprint density at radius 2 is 1.79 bits per heavy atom. The lowest BCUT2D eigenvalue weighted by molar-refractivity contribution is -0.142. The van der Waals surface area contributed by atoms with Crippen molar-refractivity contribution in [2.75, 3.05) is 46.3 Å². The zero-order chi connectivity index (χ0) is 17.3. The lowest BCUT2D eigenvalue weighted by Crippen LogP contribution is -2.57. The van der Waals surface area contributed by atoms with Crippen molar-refractivity contribution >= 4 is 16.0 Å². The number of hydrogen-bond donors (Lipinski definition) is 1. The molecule has 1 aromatic carbocycles. The van der Waals surface area contributed by atoms with E-state index in [9.17, 15) is 18.3 Å². The summed E-state index contributed by atoms with van der Waals surface area (Å²) in [4.78, 5) is 15.8. The van der Waals surface area contributed by atoms with Crippen LogP contribution in [0.25, 0.3) is 0 Å². The lowest BCUT2D eigenvalue weighted by Gasteiger charge is -2.40. The maximum Gasteiger partial charge on any atom is 0.309 e. The summed E-state index contributed by atoms with van der Waals surface area (Å²) in [7, 11) is -1.61. The molecule has 2 fully saturated rings. The summed E-state index contributed by atoms with van der Waals surface area (Å²) in [6.07, 6.45) is 0. The van der Waals surface area contributed by atoms with Gasteiger partial charge in [-0.3, -0.25) is 9.69 Å². The van der Waals surface area contributed by atoms with Gasteiger partial charge in [0.2, 0.25) is 10.0 Å². The number of fused-ring (bicyclic) bond motifs is 1. The van der Waals surface area contributed by atoms with Crippen molar-refractivity contribution in [1.29, 1.82) is 0 Å². The molecule has 0 radical (unpaired) electrons. The molecule has 2 heterocycles. The molecule has 132 valence electrons. The number of hydrogen-bond acceptors (Lipinski definition) is 5. The minimum absolute atomic E-state index is 0.0200. The highest BCUT2D eigenvalue weighted by Gasteiger charge is 2.38. The van der Waals surface area contributed by atoms with E-state index in [4.69, 9.17) is 0 Å². The molecular formula is C16H23N3O4S. The Morgan fingerprint density at radius 1 is 1.08 bits per heavy atom. The number of carboxylic acids is 1. The van der Waals surface area contributed by atoms with E-state index in [1.807, 2.05) is 11.9 Å². The van der Waals surface area contributed by atoms with Crippen LogP contribution in [0.3, 0.4) is 0 Å². The first-order valence-corrected chi connectivity index (χ1v) is 9.52. The zero-order valence-electron chi connectivity index (χ0n) is 13.7. The van der Waals surface area contributed by atoms with Crippen LogP contribution in [0.5, 0.6) is 0 Å². The topological polar surface area (TPSA) is 81.2 Å². The Balaban J connectivity index is 1.78. The maximum atomic E-state index is 12.8. The van der Waals surface area contributed by atoms with Gasteiger partial charge in [0.05, 0.1) is 10.8 Å². The molecule has 1 N–H and O–H groups in total. The molecule has 0 bridgehead atoms. The van der Waals surface area contributed by atoms with Gasteiger partial charge in [-0.1, -0.05) is 18.2 Å². The first-order valence-electron chi connectivity index (χ1n) is 8.08. The molecule has 8 heteroatoms. The van der Waals surface area contributed by atoms with Crippen molar-refractivity contribution in [2.24, 2.45) is 5.92 Å². The second-order valence-electron chi connectivity index (χ2n) is 6.58. The van der Waals surface area contributed by atoms with Crippen molar-refractivity contribution in [3.63, 3.8) is 0 Å². The molecule has 0 saturated carbocycles. The van der Waals surface area contributed by atoms with E-state index >= 15 is 0 Å². The van der Waals surface area contributed by atoms with Gasteiger partial charge < -0.3 is 10.0 Å². The average Bonchev–Trinajstić information content (AvgIpc) is 2.73. The number of carbonyl (C=O) groups is 1. The van der Waals surface area contributed by atoms with Crippen molar-refractivity contribution in [1.82, 2.24) is 14.1 Å². The highest BCUT2D eigenvalue weighted by atomic mass is 32.2. The predicted octanol–water partition coefficient (Wildman–Crippen LogP) is 0.00770. The third-order valence-corrected chi connectivity index (χ3v) is 6.69. The van der Waals surface area contributed by atoms with Crippen molar-refractivity contribution in [3.8, 4) is 0 Å². The molecular weight excluding hydrogens is 330 g/mol. The van der Waals surface area contributed by atoms with Gasteiger partial charge in [-0.05, 0) is 19.2 Å². The van der Waals surface area contributed by atoms with E-state index in [2.05, 4.69) is 4.90 Å². The van der Waals surface area contributed by atoms with E-state index < -0.39 is 21.9 Å². The summed E-state index contributed by atoms with van der Waals surface area (Å²) in [5, 5.41) is 9.34. The number of likely N-dealkylation sites (N-methyl/N-ethyl adjacent to an activating group) is 1. The molecule has 24 heavy (non-hydrogen) atoms. The normalized spacial score (nSPS) is 27.4. The SMILES string of the molecule is CN1CC(C(=O)O)CN2CCN(S(=O)(=O)c3ccccc3)CC2C1. The summed E-state index contributed by atoms with van der Waals surface area (Å²) in [6.45, 7) is 2.99. The quantitative estimate of drug-likeness (QED) is 0.824. The molecule has 2 atom stereocenters. The summed E-state index contributed by atoms with van der Waals surface area (Å²) in [6, 6.07) is 8.48. The Kier molecular flexibility index (Phi) is 4.91. The van der Waals surface area contributed by atoms with Crippen LogP contribution in [-0.2, 0) is 14.8 Å². The third kappa shape index (κ3) is 3.46. The zero-order valence-corrected chi connectivity index (χ0v) is 14.5. The van der Waals surface area contributed by atoms with Crippen LogP contribution in [0.1, 0.15) is 0 Å². The molecule has 7 nitrogen and oxygen atoms in total. The van der Waals surface area contributed by atoms with Crippen LogP contribution in [0.15, 0.2) is 35.2 Å². The average molecular weight is 353 g/mol. The molecule has 3 rings (SSSR count). The van der Waals surface area contributed by atoms with Gasteiger partial charge >= 0.3 is 5.97 Å². The van der Waals surface area contributed by atoms with Gasteiger partial charge in [-0.2, -0.15) is 4.31 Å². The van der Waals surface area contributed by atoms with Crippen molar-refractivity contribution in [3.05, 3.63) is 30.3 Å². The molecule has 0 amide bonds. The van der Waals surface area contributed by atoms with Crippen LogP contribution in [0, 0.1) is 5.92 Å². The van der Waals surface area contributed by atoms with Gasteiger partial charge in [0.1, 0.15) is 0 Å². The molecule has 0 spiro atoms. The molecule has 2 aliphatic heterocycles. The van der Waals surface area contributed by atoms with Crippen LogP contribution < -0.4 is 0 Å². The largest absolute Gasteiger partial charge is 0.481 e. The number of nitrogens with zero attached hydrogens (tertiary/aromatic N) is 3. The third-order valence-electron chi connectivity index (χ3n) is 4.81. The van der Waals surface area contributed by atoms with Gasteiger partial charge in [-0.15, -0.1) is 0 Å². The fraction of sp³-hybridized carbons (Fsp3) is 0.562. The van der Waals surface area contributed by atoms with E-state index in [0.717, 1.165) is 0 Å². The first kappa shape index (κ1) is 17.3. The van der Waals surface area contributed by atoms with Gasteiger partial charge in [0.15, 0.2) is 0 Å². The highest BCUT2D eigenvalue weighted by molar-refractivity contribution is 7.89. The van der Waals surface area contributed by atoms with Crippen LogP contribution in [0.2, 0.25) is 0 Å². The van der Waals surface area contributed by atoms with Gasteiger partial charge in [0, 0.05) is 45.3 Å². The number of carboxylic acid groups (broad SMARTS) is 1. The second kappa shape index (κ2) is 6.79. The predicted molar refractivity (Wildman–Crippen MR) is 89.2 cm³/mol. The van der Waals surface area contributed by atoms with Crippen molar-refractivity contribution in [2.45, 2.75) is 10.9 Å². The standard InChI is InChI=1S/C16H23N3O4S/c1-17-9-13(16(20)21)10-18-7-8-19(12-14(18)11-17)24(22,23)15-5-3-2-4-6-15/h2-6,13-14H,7-12H2,1H3,(H,20,21). The smallest absolute Gasteiger partial charge is 0.309 e. The maximum absolute atomic E-state index is 12.8. The molecule has 2 saturated heterocycles. The first-order chi connectivity index (χ1) is 11.4. The Hall–Kier alpha value is -1.48. The van der Waals surface area contributed by atoms with E-state index in [-0.39, 0.29) is 6.04 Å². The van der Waals surface area contributed by atoms with Crippen LogP contribution in [-0.4, -0.2) is 86.0 Å². The monoisotopic (exact) mass is 353 g/mol. The molecule has 0 aliphatic carbocycles. The van der Waals surface area contributed by atoms with Gasteiger partial charge in [0.25, 0.3) is 0 Å². The molecule has 2 unspecified atom stereocenters. The van der Waals surface area contributed by atoms with Crippen LogP contribution >= 0.6 is 0 Å². The summed E-state index contributed by atoms with van der Waals surface area (Å²) in [5.74, 6) is -1.22. The van der Waals surface area contributed by atoms with E-state index in [0.29, 0.717) is 44.2 Å². The minimum atomic E-state index is -3.50. The molecule has 2 aliphatic rings. The summed E-state index contributed by atoms with van der Waals surface area (Å²) < 4.78 is 27.1. The number of benzene rings is 1. The Labute approximate surface area is 142 Å². The second-order valence-corrected chi connectivity index (χ2v) is 8.52. The number of sulfonamides is 1. The fourth-order valence-corrected chi connectivity index (χ4v) is 5.03. The van der Waals surface area contributed by atoms with Gasteiger partial charge in [-0.25, -0.2) is 8.42 Å². The van der Waals surface area contributed by atoms with Crippen LogP contribution in [0.4, 0.5) is 0 Å². The van der Waals surface area contributed by atoms with Crippen molar-refractivity contribution < 1.29 is 18.3 Å². The van der Waals surface area contributed by atoms with E-state index in [1.165, 1.54) is 4.31 Å². The summed E-state index contributed by atoms with van der Waals surface area (Å²) in [5.41, 5.74) is 0. The number of rotatable bonds is 3.